The van der Waals surface area contributed by atoms with E-state index in [2.05, 4.69) is 324 Å². The third-order valence-electron chi connectivity index (χ3n) is 24.7. The normalized spacial score (nSPS) is 14.7. The van der Waals surface area contributed by atoms with Crippen LogP contribution in [0.4, 0.5) is 0 Å². The Bertz CT molecular complexity index is 7620. The molecule has 2 aliphatic carbocycles. The molecule has 2 aliphatic rings. The molecule has 0 fully saturated rings. The van der Waals surface area contributed by atoms with Gasteiger partial charge in [0, 0.05) is 64.7 Å². The molecule has 0 saturated heterocycles. The van der Waals surface area contributed by atoms with Gasteiger partial charge < -0.3 is 17.7 Å². The molecule has 4 heteroatoms. The molecule has 0 radical (unpaired) electrons. The molecule has 1 atom stereocenters. The van der Waals surface area contributed by atoms with Crippen LogP contribution >= 0.6 is 0 Å². The van der Waals surface area contributed by atoms with Crippen molar-refractivity contribution in [2.75, 3.05) is 0 Å². The standard InChI is InChI=1S/C102H62O4/c1-101(2)79-34-16-12-21-62(79)78-52-58(42-48-80(78)101)89-64-23-4-6-25-66(64)90(67-26-7-5-24-65(67)89)59-40-46-75-87(53-59)103-85-50-44-57-51-61(99-98(92(57)96(75)85)74-32-15-19-38-84(74)105-99)55-102(3)81-35-17-13-31-73(81)95-77(33-20-36-82(95)102)94-70-29-10-8-27-68(70)91(69-28-9-11-30-71(69)94)60-41-47-76-88(54-60)104-86-49-43-56-39-45-72-63-22-14-18-37-83(63)106-100(72)93(56)97(76)86/h4-54H,55H2,1-3H3. The number of hydrogen-bond donors (Lipinski definition) is 0. The van der Waals surface area contributed by atoms with Crippen LogP contribution in [0.15, 0.2) is 327 Å². The van der Waals surface area contributed by atoms with E-state index in [-0.39, 0.29) is 5.41 Å². The minimum Gasteiger partial charge on any atom is -0.456 e. The van der Waals surface area contributed by atoms with E-state index in [4.69, 9.17) is 17.7 Å². The number of hydrogen-bond acceptors (Lipinski definition) is 4. The number of furan rings is 4. The smallest absolute Gasteiger partial charge is 0.144 e. The van der Waals surface area contributed by atoms with Gasteiger partial charge in [-0.05, 0) is 222 Å². The predicted molar refractivity (Wildman–Crippen MR) is 442 cm³/mol. The van der Waals surface area contributed by atoms with Crippen LogP contribution in [0.2, 0.25) is 0 Å². The SMILES string of the molecule is CC1(C)c2ccccc2-c2cc(-c3c4ccccc4c(-c4ccc5c(c4)oc4ccc6cc(CC7(C)c8ccccc8-c8c(-c9c%10ccccc%10c(-c%10ccc%11c(c%10)oc%10ccc%12ccc%13c%14ccccc%14oc%13c%12c%10%11)c%10ccccc9%10)cccc87)c7oc8ccccc8c7c6c45)c4ccccc34)ccc21. The molecule has 1 unspecified atom stereocenters. The number of para-hydroxylation sites is 2. The van der Waals surface area contributed by atoms with Gasteiger partial charge in [-0.2, -0.15) is 0 Å². The molecule has 0 spiro atoms. The summed E-state index contributed by atoms with van der Waals surface area (Å²) in [6, 6.07) is 115. The molecule has 0 N–H and O–H groups in total. The Labute approximate surface area is 608 Å². The molecule has 494 valence electrons. The average molecular weight is 1350 g/mol. The lowest BCUT2D eigenvalue weighted by Crippen LogP contribution is -2.24. The molecule has 0 amide bonds. The highest BCUT2D eigenvalue weighted by Crippen LogP contribution is 2.58. The molecular weight excluding hydrogens is 1290 g/mol. The van der Waals surface area contributed by atoms with Gasteiger partial charge in [-0.1, -0.05) is 263 Å². The van der Waals surface area contributed by atoms with Crippen LogP contribution in [0.1, 0.15) is 48.6 Å². The van der Waals surface area contributed by atoms with E-state index in [0.29, 0.717) is 6.42 Å². The van der Waals surface area contributed by atoms with E-state index in [9.17, 15) is 0 Å². The van der Waals surface area contributed by atoms with Gasteiger partial charge in [0.15, 0.2) is 0 Å². The van der Waals surface area contributed by atoms with E-state index < -0.39 is 5.41 Å². The van der Waals surface area contributed by atoms with Gasteiger partial charge in [0.25, 0.3) is 0 Å². The second-order valence-electron chi connectivity index (χ2n) is 30.5. The van der Waals surface area contributed by atoms with Crippen LogP contribution < -0.4 is 0 Å². The second-order valence-corrected chi connectivity index (χ2v) is 30.5. The van der Waals surface area contributed by atoms with Crippen LogP contribution in [-0.4, -0.2) is 0 Å². The summed E-state index contributed by atoms with van der Waals surface area (Å²) in [5.41, 5.74) is 27.7. The maximum absolute atomic E-state index is 7.29. The van der Waals surface area contributed by atoms with Crippen molar-refractivity contribution < 1.29 is 17.7 Å². The zero-order valence-electron chi connectivity index (χ0n) is 58.3. The lowest BCUT2D eigenvalue weighted by atomic mass is 9.74. The summed E-state index contributed by atoms with van der Waals surface area (Å²) in [4.78, 5) is 0. The van der Waals surface area contributed by atoms with Crippen LogP contribution in [0.5, 0.6) is 0 Å². The zero-order chi connectivity index (χ0) is 69.6. The van der Waals surface area contributed by atoms with Crippen molar-refractivity contribution in [3.05, 3.63) is 337 Å². The second kappa shape index (κ2) is 21.0. The molecule has 18 aromatic carbocycles. The van der Waals surface area contributed by atoms with Crippen molar-refractivity contribution in [1.29, 1.82) is 0 Å². The first-order valence-corrected chi connectivity index (χ1v) is 37.0. The molecule has 22 aromatic rings. The summed E-state index contributed by atoms with van der Waals surface area (Å²) in [6.45, 7) is 7.18. The minimum atomic E-state index is -0.462. The Morgan fingerprint density at radius 1 is 0.226 bits per heavy atom. The topological polar surface area (TPSA) is 52.6 Å². The lowest BCUT2D eigenvalue weighted by molar-refractivity contribution is 0.575. The van der Waals surface area contributed by atoms with Gasteiger partial charge in [-0.3, -0.25) is 0 Å². The third-order valence-corrected chi connectivity index (χ3v) is 24.7. The molecule has 0 bridgehead atoms. The van der Waals surface area contributed by atoms with Crippen LogP contribution in [-0.2, 0) is 17.3 Å². The van der Waals surface area contributed by atoms with Gasteiger partial charge in [0.05, 0.1) is 0 Å². The van der Waals surface area contributed by atoms with Crippen LogP contribution in [0.25, 0.3) is 219 Å². The van der Waals surface area contributed by atoms with Crippen LogP contribution in [0.3, 0.4) is 0 Å². The summed E-state index contributed by atoms with van der Waals surface area (Å²) in [5.74, 6) is 0. The summed E-state index contributed by atoms with van der Waals surface area (Å²) >= 11 is 0. The van der Waals surface area contributed by atoms with Gasteiger partial charge in [-0.15, -0.1) is 0 Å². The molecule has 4 heterocycles. The van der Waals surface area contributed by atoms with Gasteiger partial charge in [-0.25, -0.2) is 0 Å². The highest BCUT2D eigenvalue weighted by Gasteiger charge is 2.42. The third kappa shape index (κ3) is 7.71. The van der Waals surface area contributed by atoms with E-state index in [1.807, 2.05) is 6.07 Å². The number of rotatable bonds is 6. The minimum absolute atomic E-state index is 0.0730. The zero-order valence-corrected chi connectivity index (χ0v) is 58.3. The van der Waals surface area contributed by atoms with Gasteiger partial charge in [0.2, 0.25) is 0 Å². The van der Waals surface area contributed by atoms with Gasteiger partial charge >= 0.3 is 0 Å². The fraction of sp³-hybridized carbons (Fsp3) is 0.0588. The van der Waals surface area contributed by atoms with Crippen molar-refractivity contribution in [1.82, 2.24) is 0 Å². The molecular formula is C102H62O4. The Morgan fingerprint density at radius 3 is 1.28 bits per heavy atom. The summed E-state index contributed by atoms with van der Waals surface area (Å²) in [5, 5.41) is 22.9. The van der Waals surface area contributed by atoms with E-state index in [0.717, 1.165) is 126 Å². The molecule has 24 rings (SSSR count). The summed E-state index contributed by atoms with van der Waals surface area (Å²) < 4.78 is 28.0. The first-order valence-electron chi connectivity index (χ1n) is 37.0. The van der Waals surface area contributed by atoms with Crippen molar-refractivity contribution in [2.24, 2.45) is 0 Å². The van der Waals surface area contributed by atoms with Crippen molar-refractivity contribution in [2.45, 2.75) is 38.0 Å². The molecule has 4 nitrogen and oxygen atoms in total. The Hall–Kier alpha value is -13.3. The quantitative estimate of drug-likeness (QED) is 0.156. The van der Waals surface area contributed by atoms with E-state index >= 15 is 0 Å². The molecule has 0 saturated carbocycles. The highest BCUT2D eigenvalue weighted by atomic mass is 16.3. The first-order chi connectivity index (χ1) is 52.2. The monoisotopic (exact) mass is 1350 g/mol. The number of fused-ring (bicyclic) bond motifs is 28. The fourth-order valence-electron chi connectivity index (χ4n) is 20.1. The highest BCUT2D eigenvalue weighted by molar-refractivity contribution is 6.33. The van der Waals surface area contributed by atoms with Crippen molar-refractivity contribution >= 4 is 152 Å². The average Bonchev–Trinajstić information content (AvgIpc) is 1.48. The van der Waals surface area contributed by atoms with Gasteiger partial charge in [0.1, 0.15) is 44.7 Å². The summed E-state index contributed by atoms with van der Waals surface area (Å²) in [7, 11) is 0. The fourth-order valence-corrected chi connectivity index (χ4v) is 20.1. The van der Waals surface area contributed by atoms with E-state index in [1.54, 1.807) is 0 Å². The van der Waals surface area contributed by atoms with Crippen molar-refractivity contribution in [3.63, 3.8) is 0 Å². The maximum atomic E-state index is 7.29. The Morgan fingerprint density at radius 2 is 0.660 bits per heavy atom. The Balaban J connectivity index is 0.646. The number of benzene rings is 18. The first kappa shape index (κ1) is 58.2. The largest absolute Gasteiger partial charge is 0.456 e. The maximum Gasteiger partial charge on any atom is 0.144 e. The summed E-state index contributed by atoms with van der Waals surface area (Å²) in [6.07, 6.45) is 0.698. The van der Waals surface area contributed by atoms with E-state index in [1.165, 1.54) is 121 Å². The molecule has 106 heavy (non-hydrogen) atoms. The molecule has 0 aliphatic heterocycles. The lowest BCUT2D eigenvalue weighted by Gasteiger charge is -2.28. The predicted octanol–water partition coefficient (Wildman–Crippen LogP) is 28.7. The molecule has 4 aromatic heterocycles. The van der Waals surface area contributed by atoms with Crippen molar-refractivity contribution in [3.8, 4) is 66.8 Å². The Kier molecular flexibility index (Phi) is 11.5. The van der Waals surface area contributed by atoms with Crippen LogP contribution in [0, 0.1) is 0 Å².